The summed E-state index contributed by atoms with van der Waals surface area (Å²) in [6.45, 7) is 11.7. The molecule has 1 fully saturated rings. The summed E-state index contributed by atoms with van der Waals surface area (Å²) in [6.07, 6.45) is -3.34. The summed E-state index contributed by atoms with van der Waals surface area (Å²) >= 11 is 0. The fraction of sp³-hybridized carbons (Fsp3) is 0.513. The van der Waals surface area contributed by atoms with E-state index in [0.29, 0.717) is 30.2 Å². The number of hydrogen-bond acceptors (Lipinski definition) is 5. The number of aromatic nitrogens is 1. The summed E-state index contributed by atoms with van der Waals surface area (Å²) < 4.78 is 80.4. The Labute approximate surface area is 296 Å². The highest BCUT2D eigenvalue weighted by molar-refractivity contribution is 5.78. The third kappa shape index (κ3) is 9.44. The molecule has 3 unspecified atom stereocenters. The largest absolute Gasteiger partial charge is 0.466 e. The van der Waals surface area contributed by atoms with Crippen LogP contribution in [0.3, 0.4) is 0 Å². The van der Waals surface area contributed by atoms with Crippen LogP contribution in [0, 0.1) is 44.2 Å². The van der Waals surface area contributed by atoms with Gasteiger partial charge < -0.3 is 19.9 Å². The van der Waals surface area contributed by atoms with Crippen LogP contribution >= 0.6 is 0 Å². The van der Waals surface area contributed by atoms with Crippen molar-refractivity contribution >= 4 is 11.9 Å². The van der Waals surface area contributed by atoms with Crippen molar-refractivity contribution in [2.75, 3.05) is 26.7 Å². The number of esters is 1. The molecule has 0 radical (unpaired) electrons. The number of carbonyl (C=O) groups excluding carboxylic acids is 2. The molecule has 7 nitrogen and oxygen atoms in total. The average molecular weight is 718 g/mol. The van der Waals surface area contributed by atoms with Gasteiger partial charge in [0.1, 0.15) is 17.7 Å². The van der Waals surface area contributed by atoms with Crippen molar-refractivity contribution in [2.45, 2.75) is 91.8 Å². The van der Waals surface area contributed by atoms with Gasteiger partial charge in [0.15, 0.2) is 0 Å². The van der Waals surface area contributed by atoms with Crippen molar-refractivity contribution < 1.29 is 36.3 Å². The molecule has 1 amide bonds. The Bertz CT molecular complexity index is 1810. The summed E-state index contributed by atoms with van der Waals surface area (Å²) in [5, 5.41) is 0. The zero-order valence-corrected chi connectivity index (χ0v) is 30.3. The first-order valence-electron chi connectivity index (χ1n) is 17.4. The number of pyridine rings is 1. The average Bonchev–Trinajstić information content (AvgIpc) is 3.77. The standard InChI is InChI=1S/C39H48F5N3O4/c1-8-51-34(49)10-9-27-36(40)29(17-30(37(27)41)35-23(5)14-22(4)15-24(35)6)28-16-26(28)19-46(7)12-11-25-20-47(32(38(45)50)13-21(2)3)33(48)18-31(25)39(42,43)44/h14-15,17-18,20-21,26,28,32H,8-13,16,19H2,1-7H3,(H2,45,50). The zero-order chi connectivity index (χ0) is 37.9. The molecule has 0 saturated heterocycles. The molecule has 1 saturated carbocycles. The molecule has 3 aromatic rings. The van der Waals surface area contributed by atoms with E-state index in [1.54, 1.807) is 20.0 Å². The van der Waals surface area contributed by atoms with E-state index in [1.807, 2.05) is 51.7 Å². The summed E-state index contributed by atoms with van der Waals surface area (Å²) in [4.78, 5) is 38.9. The maximum absolute atomic E-state index is 16.2. The van der Waals surface area contributed by atoms with Crippen LogP contribution in [0.25, 0.3) is 11.1 Å². The molecule has 2 N–H and O–H groups in total. The SMILES string of the molecule is CCOC(=O)CCc1c(F)c(-c2c(C)cc(C)cc2C)cc(C2CC2CN(C)CCc2cn(C(CC(C)C)C(N)=O)c(=O)cc2C(F)(F)F)c1F. The van der Waals surface area contributed by atoms with Gasteiger partial charge in [-0.1, -0.05) is 31.5 Å². The van der Waals surface area contributed by atoms with Gasteiger partial charge in [-0.05, 0) is 112 Å². The fourth-order valence-corrected chi connectivity index (χ4v) is 7.20. The van der Waals surface area contributed by atoms with E-state index >= 15 is 8.78 Å². The summed E-state index contributed by atoms with van der Waals surface area (Å²) in [5.41, 5.74) is 7.17. The van der Waals surface area contributed by atoms with Gasteiger partial charge in [-0.3, -0.25) is 14.4 Å². The lowest BCUT2D eigenvalue weighted by Crippen LogP contribution is -2.36. The smallest absolute Gasteiger partial charge is 0.416 e. The molecular weight excluding hydrogens is 669 g/mol. The van der Waals surface area contributed by atoms with Crippen LogP contribution < -0.4 is 11.3 Å². The zero-order valence-electron chi connectivity index (χ0n) is 30.3. The third-order valence-electron chi connectivity index (χ3n) is 9.61. The van der Waals surface area contributed by atoms with Crippen molar-refractivity contribution in [1.82, 2.24) is 9.47 Å². The Kier molecular flexibility index (Phi) is 12.5. The van der Waals surface area contributed by atoms with E-state index in [2.05, 4.69) is 0 Å². The molecular formula is C39H48F5N3O4. The van der Waals surface area contributed by atoms with Crippen molar-refractivity contribution in [2.24, 2.45) is 17.6 Å². The van der Waals surface area contributed by atoms with E-state index in [9.17, 15) is 27.6 Å². The topological polar surface area (TPSA) is 94.6 Å². The van der Waals surface area contributed by atoms with Gasteiger partial charge in [0.2, 0.25) is 5.91 Å². The van der Waals surface area contributed by atoms with Gasteiger partial charge in [0.05, 0.1) is 12.2 Å². The molecule has 1 aliphatic carbocycles. The number of likely N-dealkylation sites (N-methyl/N-ethyl adjacent to an activating group) is 1. The Morgan fingerprint density at radius 1 is 1.04 bits per heavy atom. The lowest BCUT2D eigenvalue weighted by Gasteiger charge is -2.23. The first kappa shape index (κ1) is 39.7. The van der Waals surface area contributed by atoms with E-state index < -0.39 is 46.9 Å². The number of nitrogens with two attached hydrogens (primary N) is 1. The number of halogens is 5. The first-order valence-corrected chi connectivity index (χ1v) is 17.4. The maximum Gasteiger partial charge on any atom is 0.416 e. The van der Waals surface area contributed by atoms with E-state index in [-0.39, 0.29) is 73.3 Å². The van der Waals surface area contributed by atoms with Crippen LogP contribution in [0.5, 0.6) is 0 Å². The molecule has 2 aromatic carbocycles. The molecule has 3 atom stereocenters. The molecule has 1 aromatic heterocycles. The molecule has 51 heavy (non-hydrogen) atoms. The Hall–Kier alpha value is -4.06. The van der Waals surface area contributed by atoms with Crippen LogP contribution in [-0.2, 0) is 33.3 Å². The van der Waals surface area contributed by atoms with Crippen molar-refractivity contribution in [3.05, 3.63) is 91.4 Å². The summed E-state index contributed by atoms with van der Waals surface area (Å²) in [7, 11) is 1.75. The van der Waals surface area contributed by atoms with Gasteiger partial charge >= 0.3 is 12.1 Å². The van der Waals surface area contributed by atoms with Crippen molar-refractivity contribution in [1.29, 1.82) is 0 Å². The maximum atomic E-state index is 16.2. The highest BCUT2D eigenvalue weighted by Crippen LogP contribution is 2.50. The lowest BCUT2D eigenvalue weighted by atomic mass is 9.88. The second-order valence-electron chi connectivity index (χ2n) is 14.3. The number of hydrogen-bond donors (Lipinski definition) is 1. The Morgan fingerprint density at radius 3 is 2.25 bits per heavy atom. The number of primary amides is 1. The van der Waals surface area contributed by atoms with E-state index in [4.69, 9.17) is 10.5 Å². The van der Waals surface area contributed by atoms with Crippen molar-refractivity contribution in [3.63, 3.8) is 0 Å². The number of benzene rings is 2. The van der Waals surface area contributed by atoms with Crippen LogP contribution in [0.2, 0.25) is 0 Å². The number of carbonyl (C=O) groups is 2. The lowest BCUT2D eigenvalue weighted by molar-refractivity contribution is -0.143. The predicted molar refractivity (Wildman–Crippen MR) is 186 cm³/mol. The second-order valence-corrected chi connectivity index (χ2v) is 14.3. The van der Waals surface area contributed by atoms with Crippen molar-refractivity contribution in [3.8, 4) is 11.1 Å². The second kappa shape index (κ2) is 16.1. The van der Waals surface area contributed by atoms with Crippen LogP contribution in [0.15, 0.2) is 35.3 Å². The molecule has 0 aliphatic heterocycles. The number of rotatable bonds is 15. The van der Waals surface area contributed by atoms with Gasteiger partial charge in [-0.25, -0.2) is 8.78 Å². The fourth-order valence-electron chi connectivity index (χ4n) is 7.20. The highest BCUT2D eigenvalue weighted by atomic mass is 19.4. The monoisotopic (exact) mass is 717 g/mol. The normalized spacial score (nSPS) is 16.5. The molecule has 0 bridgehead atoms. The number of aryl methyl sites for hydroxylation is 3. The van der Waals surface area contributed by atoms with E-state index in [1.165, 1.54) is 0 Å². The molecule has 1 aliphatic rings. The predicted octanol–water partition coefficient (Wildman–Crippen LogP) is 7.58. The molecule has 1 heterocycles. The number of alkyl halides is 3. The molecule has 278 valence electrons. The first-order chi connectivity index (χ1) is 23.8. The minimum atomic E-state index is -4.79. The Balaban J connectivity index is 1.60. The van der Waals surface area contributed by atoms with E-state index in [0.717, 1.165) is 27.5 Å². The van der Waals surface area contributed by atoms with Crippen LogP contribution in [-0.4, -0.2) is 48.1 Å². The Morgan fingerprint density at radius 2 is 1.69 bits per heavy atom. The van der Waals surface area contributed by atoms with Gasteiger partial charge in [-0.15, -0.1) is 0 Å². The molecule has 4 rings (SSSR count). The number of ether oxygens (including phenoxy) is 1. The van der Waals surface area contributed by atoms with Gasteiger partial charge in [0, 0.05) is 42.9 Å². The third-order valence-corrected chi connectivity index (χ3v) is 9.61. The highest BCUT2D eigenvalue weighted by Gasteiger charge is 2.42. The van der Waals surface area contributed by atoms with Crippen LogP contribution in [0.1, 0.15) is 90.9 Å². The van der Waals surface area contributed by atoms with Gasteiger partial charge in [0.25, 0.3) is 5.56 Å². The van der Waals surface area contributed by atoms with Gasteiger partial charge in [-0.2, -0.15) is 13.2 Å². The minimum absolute atomic E-state index is 0.0432. The summed E-state index contributed by atoms with van der Waals surface area (Å²) in [6, 6.07) is 4.88. The minimum Gasteiger partial charge on any atom is -0.466 e. The summed E-state index contributed by atoms with van der Waals surface area (Å²) in [5.74, 6) is -3.12. The molecule has 0 spiro atoms. The van der Waals surface area contributed by atoms with Crippen LogP contribution in [0.4, 0.5) is 22.0 Å². The number of nitrogens with zero attached hydrogens (tertiary/aromatic N) is 2. The molecule has 12 heteroatoms. The quantitative estimate of drug-likeness (QED) is 0.129. The number of amides is 1.